The molecule has 0 spiro atoms. The van der Waals surface area contributed by atoms with Crippen molar-refractivity contribution in [3.05, 3.63) is 0 Å². The van der Waals surface area contributed by atoms with E-state index in [0.29, 0.717) is 17.9 Å². The minimum absolute atomic E-state index is 0. The van der Waals surface area contributed by atoms with E-state index in [0.717, 1.165) is 63.3 Å². The van der Waals surface area contributed by atoms with Gasteiger partial charge in [-0.05, 0) is 37.9 Å². The van der Waals surface area contributed by atoms with Gasteiger partial charge in [-0.15, -0.1) is 24.0 Å². The lowest BCUT2D eigenvalue weighted by atomic mass is 9.95. The number of rotatable bonds is 7. The number of piperazine rings is 1. The Bertz CT molecular complexity index is 534. The number of guanidine groups is 1. The number of carbonyl (C=O) groups is 1. The van der Waals surface area contributed by atoms with Crippen molar-refractivity contribution < 1.29 is 4.79 Å². The summed E-state index contributed by atoms with van der Waals surface area (Å²) in [5.74, 6) is 2.88. The number of nitrogens with zero attached hydrogens (tertiary/aromatic N) is 3. The molecule has 2 atom stereocenters. The number of nitrogens with one attached hydrogen (secondary N) is 2. The van der Waals surface area contributed by atoms with Crippen molar-refractivity contribution in [2.24, 2.45) is 10.9 Å². The molecule has 30 heavy (non-hydrogen) atoms. The Morgan fingerprint density at radius 1 is 1.07 bits per heavy atom. The van der Waals surface area contributed by atoms with Gasteiger partial charge in [0.2, 0.25) is 5.91 Å². The molecule has 1 saturated heterocycles. The van der Waals surface area contributed by atoms with Crippen LogP contribution in [0.1, 0.15) is 58.3 Å². The van der Waals surface area contributed by atoms with Crippen molar-refractivity contribution in [1.29, 1.82) is 0 Å². The molecule has 8 heteroatoms. The molecule has 2 N–H and O–H groups in total. The summed E-state index contributed by atoms with van der Waals surface area (Å²) in [6.07, 6.45) is 9.84. The van der Waals surface area contributed by atoms with Gasteiger partial charge in [-0.1, -0.05) is 26.2 Å². The Hall–Kier alpha value is -0.220. The molecule has 0 aromatic carbocycles. The van der Waals surface area contributed by atoms with Crippen LogP contribution in [0.15, 0.2) is 4.99 Å². The van der Waals surface area contributed by atoms with Crippen molar-refractivity contribution in [2.45, 2.75) is 69.6 Å². The van der Waals surface area contributed by atoms with Gasteiger partial charge in [-0.2, -0.15) is 11.8 Å². The summed E-state index contributed by atoms with van der Waals surface area (Å²) in [5.41, 5.74) is 0. The number of amides is 1. The standard InChI is InChI=1S/C22H41N5OS.HI/c1-3-29-20-10-6-9-19(17-20)25-22(23-2)24-11-12-26-13-15-27(16-14-26)21(28)18-7-4-5-8-18;/h18-20H,3-17H2,1-2H3,(H2,23,24,25);1H. The Morgan fingerprint density at radius 3 is 2.47 bits per heavy atom. The maximum absolute atomic E-state index is 12.6. The summed E-state index contributed by atoms with van der Waals surface area (Å²) >= 11 is 2.10. The molecule has 3 aliphatic rings. The van der Waals surface area contributed by atoms with E-state index in [1.54, 1.807) is 0 Å². The maximum atomic E-state index is 12.6. The van der Waals surface area contributed by atoms with Crippen molar-refractivity contribution in [1.82, 2.24) is 20.4 Å². The van der Waals surface area contributed by atoms with Crippen LogP contribution in [0.5, 0.6) is 0 Å². The fourth-order valence-corrected chi connectivity index (χ4v) is 6.18. The average molecular weight is 552 g/mol. The highest BCUT2D eigenvalue weighted by molar-refractivity contribution is 14.0. The van der Waals surface area contributed by atoms with Gasteiger partial charge >= 0.3 is 0 Å². The third kappa shape index (κ3) is 8.04. The van der Waals surface area contributed by atoms with E-state index >= 15 is 0 Å². The van der Waals surface area contributed by atoms with Crippen LogP contribution < -0.4 is 10.6 Å². The minimum Gasteiger partial charge on any atom is -0.355 e. The SMILES string of the molecule is CCSC1CCCC(NC(=NC)NCCN2CCN(C(=O)C3CCCC3)CC2)C1.I. The first kappa shape index (κ1) is 26.0. The van der Waals surface area contributed by atoms with Crippen molar-refractivity contribution >= 4 is 47.6 Å². The number of halogens is 1. The van der Waals surface area contributed by atoms with E-state index < -0.39 is 0 Å². The molecular weight excluding hydrogens is 509 g/mol. The molecule has 2 aliphatic carbocycles. The molecule has 2 unspecified atom stereocenters. The van der Waals surface area contributed by atoms with Gasteiger partial charge in [0.15, 0.2) is 5.96 Å². The summed E-state index contributed by atoms with van der Waals surface area (Å²) in [6.45, 7) is 7.92. The Labute approximate surface area is 204 Å². The molecule has 2 saturated carbocycles. The topological polar surface area (TPSA) is 60.0 Å². The van der Waals surface area contributed by atoms with Gasteiger partial charge in [0.05, 0.1) is 0 Å². The molecule has 3 rings (SSSR count). The predicted octanol–water partition coefficient (Wildman–Crippen LogP) is 3.17. The summed E-state index contributed by atoms with van der Waals surface area (Å²) in [6, 6.07) is 0.546. The zero-order chi connectivity index (χ0) is 20.5. The molecule has 0 aromatic rings. The second-order valence-electron chi connectivity index (χ2n) is 8.73. The average Bonchev–Trinajstić information content (AvgIpc) is 3.28. The van der Waals surface area contributed by atoms with Gasteiger partial charge in [-0.25, -0.2) is 0 Å². The number of hydrogen-bond donors (Lipinski definition) is 2. The van der Waals surface area contributed by atoms with Crippen LogP contribution in [0.25, 0.3) is 0 Å². The van der Waals surface area contributed by atoms with Crippen LogP contribution in [0.3, 0.4) is 0 Å². The first-order chi connectivity index (χ1) is 14.2. The van der Waals surface area contributed by atoms with Crippen molar-refractivity contribution in [3.8, 4) is 0 Å². The normalized spacial score (nSPS) is 26.3. The van der Waals surface area contributed by atoms with Gasteiger partial charge < -0.3 is 15.5 Å². The second-order valence-corrected chi connectivity index (χ2v) is 10.3. The fraction of sp³-hybridized carbons (Fsp3) is 0.909. The van der Waals surface area contributed by atoms with Gasteiger partial charge in [0.1, 0.15) is 0 Å². The number of hydrogen-bond acceptors (Lipinski definition) is 4. The summed E-state index contributed by atoms with van der Waals surface area (Å²) in [5, 5.41) is 7.94. The highest BCUT2D eigenvalue weighted by Crippen LogP contribution is 2.28. The molecule has 1 amide bonds. The molecule has 0 radical (unpaired) electrons. The monoisotopic (exact) mass is 551 g/mol. The zero-order valence-corrected chi connectivity index (χ0v) is 22.1. The second kappa shape index (κ2) is 14.0. The van der Waals surface area contributed by atoms with Gasteiger partial charge in [0.25, 0.3) is 0 Å². The van der Waals surface area contributed by atoms with Crippen LogP contribution in [-0.2, 0) is 4.79 Å². The Kier molecular flexibility index (Phi) is 12.2. The lowest BCUT2D eigenvalue weighted by molar-refractivity contribution is -0.137. The van der Waals surface area contributed by atoms with E-state index in [9.17, 15) is 4.79 Å². The number of thioether (sulfide) groups is 1. The maximum Gasteiger partial charge on any atom is 0.225 e. The van der Waals surface area contributed by atoms with E-state index in [2.05, 4.69) is 44.1 Å². The smallest absolute Gasteiger partial charge is 0.225 e. The van der Waals surface area contributed by atoms with Crippen LogP contribution in [0, 0.1) is 5.92 Å². The first-order valence-corrected chi connectivity index (χ1v) is 12.8. The summed E-state index contributed by atoms with van der Waals surface area (Å²) < 4.78 is 0. The molecule has 1 aliphatic heterocycles. The highest BCUT2D eigenvalue weighted by atomic mass is 127. The summed E-state index contributed by atoms with van der Waals surface area (Å²) in [7, 11) is 1.86. The zero-order valence-electron chi connectivity index (χ0n) is 18.9. The van der Waals surface area contributed by atoms with E-state index in [4.69, 9.17) is 0 Å². The minimum atomic E-state index is 0. The third-order valence-electron chi connectivity index (χ3n) is 6.70. The largest absolute Gasteiger partial charge is 0.355 e. The number of aliphatic imine (C=N–C) groups is 1. The predicted molar refractivity (Wildman–Crippen MR) is 139 cm³/mol. The quantitative estimate of drug-likeness (QED) is 0.289. The molecule has 3 fully saturated rings. The molecule has 0 aromatic heterocycles. The molecular formula is C22H42IN5OS. The molecule has 6 nitrogen and oxygen atoms in total. The van der Waals surface area contributed by atoms with E-state index in [1.165, 1.54) is 44.3 Å². The third-order valence-corrected chi connectivity index (χ3v) is 7.93. The van der Waals surface area contributed by atoms with E-state index in [1.807, 2.05) is 7.05 Å². The lowest BCUT2D eigenvalue weighted by Crippen LogP contribution is -2.52. The molecule has 1 heterocycles. The van der Waals surface area contributed by atoms with Gasteiger partial charge in [-0.3, -0.25) is 14.7 Å². The van der Waals surface area contributed by atoms with Crippen LogP contribution in [-0.4, -0.2) is 85.0 Å². The molecule has 174 valence electrons. The van der Waals surface area contributed by atoms with Crippen LogP contribution in [0.4, 0.5) is 0 Å². The summed E-state index contributed by atoms with van der Waals surface area (Å²) in [4.78, 5) is 21.6. The van der Waals surface area contributed by atoms with Crippen molar-refractivity contribution in [3.63, 3.8) is 0 Å². The Morgan fingerprint density at radius 2 is 1.80 bits per heavy atom. The number of carbonyl (C=O) groups excluding carboxylic acids is 1. The highest BCUT2D eigenvalue weighted by Gasteiger charge is 2.29. The lowest BCUT2D eigenvalue weighted by Gasteiger charge is -2.36. The first-order valence-electron chi connectivity index (χ1n) is 11.8. The van der Waals surface area contributed by atoms with Crippen LogP contribution >= 0.6 is 35.7 Å². The Balaban J connectivity index is 0.00000320. The fourth-order valence-electron chi connectivity index (χ4n) is 5.01. The van der Waals surface area contributed by atoms with Crippen LogP contribution in [0.2, 0.25) is 0 Å². The van der Waals surface area contributed by atoms with Crippen molar-refractivity contribution in [2.75, 3.05) is 52.1 Å². The van der Waals surface area contributed by atoms with E-state index in [-0.39, 0.29) is 24.0 Å². The van der Waals surface area contributed by atoms with Gasteiger partial charge in [0, 0.05) is 63.5 Å². The molecule has 0 bridgehead atoms.